The highest BCUT2D eigenvalue weighted by atomic mass is 79.9. The van der Waals surface area contributed by atoms with Crippen molar-refractivity contribution >= 4 is 21.8 Å². The van der Waals surface area contributed by atoms with Gasteiger partial charge in [0.05, 0.1) is 5.56 Å². The zero-order chi connectivity index (χ0) is 14.5. The monoisotopic (exact) mass is 323 g/mol. The number of alkyl halides is 1. The van der Waals surface area contributed by atoms with E-state index in [2.05, 4.69) is 47.0 Å². The molecular weight excluding hydrogens is 306 g/mol. The number of amides is 1. The molecule has 0 bridgehead atoms. The summed E-state index contributed by atoms with van der Waals surface area (Å²) in [4.78, 5) is 16.0. The van der Waals surface area contributed by atoms with E-state index in [-0.39, 0.29) is 16.1 Å². The van der Waals surface area contributed by atoms with E-state index in [1.807, 2.05) is 6.07 Å². The van der Waals surface area contributed by atoms with Gasteiger partial charge in [-0.1, -0.05) is 36.7 Å². The van der Waals surface area contributed by atoms with Gasteiger partial charge in [0.2, 0.25) is 0 Å². The third kappa shape index (κ3) is 5.84. The molecule has 0 fully saturated rings. The number of hydrogen-bond acceptors (Lipinski definition) is 3. The van der Waals surface area contributed by atoms with Crippen LogP contribution in [0.5, 0.6) is 0 Å². The number of pyridine rings is 1. The van der Waals surface area contributed by atoms with E-state index < -0.39 is 0 Å². The minimum atomic E-state index is -0.220. The van der Waals surface area contributed by atoms with Crippen LogP contribution in [-0.4, -0.2) is 22.3 Å². The summed E-state index contributed by atoms with van der Waals surface area (Å²) in [6.45, 7) is 7.03. The van der Waals surface area contributed by atoms with Gasteiger partial charge in [0.15, 0.2) is 0 Å². The lowest BCUT2D eigenvalue weighted by Gasteiger charge is -2.22. The number of hydrogen-bond donors (Lipinski definition) is 1. The molecule has 0 aliphatic rings. The molecule has 1 amide bonds. The molecular formula is C14H18BrN3O. The second-order valence-electron chi connectivity index (χ2n) is 5.62. The Morgan fingerprint density at radius 3 is 2.68 bits per heavy atom. The quantitative estimate of drug-likeness (QED) is 0.866. The third-order valence-corrected chi connectivity index (χ3v) is 3.09. The first-order valence-electron chi connectivity index (χ1n) is 6.10. The fraction of sp³-hybridized carbons (Fsp3) is 0.500. The number of carbonyl (C=O) groups is 1. The molecule has 0 aliphatic heterocycles. The van der Waals surface area contributed by atoms with Gasteiger partial charge in [-0.2, -0.15) is 5.26 Å². The number of nitrogens with zero attached hydrogens (tertiary/aromatic N) is 2. The fourth-order valence-electron chi connectivity index (χ4n) is 1.62. The summed E-state index contributed by atoms with van der Waals surface area (Å²) in [5.41, 5.74) is 0.989. The van der Waals surface area contributed by atoms with Crippen LogP contribution in [0.1, 0.15) is 43.2 Å². The van der Waals surface area contributed by atoms with Crippen molar-refractivity contribution in [3.63, 3.8) is 0 Å². The predicted octanol–water partition coefficient (Wildman–Crippen LogP) is 2.88. The van der Waals surface area contributed by atoms with E-state index >= 15 is 0 Å². The van der Waals surface area contributed by atoms with Crippen molar-refractivity contribution < 1.29 is 4.79 Å². The summed E-state index contributed by atoms with van der Waals surface area (Å²) >= 11 is 3.56. The molecule has 4 nitrogen and oxygen atoms in total. The molecule has 1 unspecified atom stereocenters. The maximum absolute atomic E-state index is 11.8. The Hall–Kier alpha value is -1.41. The molecule has 0 aliphatic carbocycles. The maximum atomic E-state index is 11.8. The van der Waals surface area contributed by atoms with Crippen LogP contribution in [0.4, 0.5) is 0 Å². The van der Waals surface area contributed by atoms with Crippen molar-refractivity contribution in [1.82, 2.24) is 10.3 Å². The van der Waals surface area contributed by atoms with Crippen molar-refractivity contribution in [3.8, 4) is 6.07 Å². The Bertz CT molecular complexity index is 471. The molecule has 1 atom stereocenters. The fourth-order valence-corrected chi connectivity index (χ4v) is 2.76. The lowest BCUT2D eigenvalue weighted by molar-refractivity contribution is 0.0947. The van der Waals surface area contributed by atoms with Crippen molar-refractivity contribution in [2.45, 2.75) is 32.0 Å². The molecule has 1 rings (SSSR count). The number of nitrogens with one attached hydrogen (secondary N) is 1. The topological polar surface area (TPSA) is 65.8 Å². The number of rotatable bonds is 4. The Kier molecular flexibility index (Phi) is 5.49. The highest BCUT2D eigenvalue weighted by Gasteiger charge is 2.17. The van der Waals surface area contributed by atoms with Crippen molar-refractivity contribution in [1.29, 1.82) is 5.26 Å². The Morgan fingerprint density at radius 1 is 1.53 bits per heavy atom. The van der Waals surface area contributed by atoms with Crippen LogP contribution in [0.2, 0.25) is 0 Å². The van der Waals surface area contributed by atoms with Crippen LogP contribution in [0, 0.1) is 16.7 Å². The molecule has 0 saturated heterocycles. The van der Waals surface area contributed by atoms with Crippen LogP contribution in [0.25, 0.3) is 0 Å². The van der Waals surface area contributed by atoms with E-state index in [9.17, 15) is 4.79 Å². The summed E-state index contributed by atoms with van der Waals surface area (Å²) < 4.78 is 0. The highest BCUT2D eigenvalue weighted by molar-refractivity contribution is 9.09. The van der Waals surface area contributed by atoms with Crippen LogP contribution in [0.15, 0.2) is 18.3 Å². The molecule has 5 heteroatoms. The molecule has 1 aromatic heterocycles. The Morgan fingerprint density at radius 2 is 2.21 bits per heavy atom. The summed E-state index contributed by atoms with van der Waals surface area (Å²) in [6.07, 6.45) is 2.36. The smallest absolute Gasteiger partial charge is 0.269 e. The van der Waals surface area contributed by atoms with Gasteiger partial charge in [0.1, 0.15) is 11.8 Å². The predicted molar refractivity (Wildman–Crippen MR) is 78.1 cm³/mol. The van der Waals surface area contributed by atoms with E-state index in [4.69, 9.17) is 5.26 Å². The van der Waals surface area contributed by atoms with Gasteiger partial charge < -0.3 is 5.32 Å². The van der Waals surface area contributed by atoms with Crippen LogP contribution in [0.3, 0.4) is 0 Å². The van der Waals surface area contributed by atoms with Crippen molar-refractivity contribution in [3.05, 3.63) is 29.6 Å². The summed E-state index contributed by atoms with van der Waals surface area (Å²) in [6, 6.07) is 5.11. The zero-order valence-electron chi connectivity index (χ0n) is 11.4. The molecule has 0 aromatic carbocycles. The van der Waals surface area contributed by atoms with Crippen LogP contribution in [-0.2, 0) is 0 Å². The van der Waals surface area contributed by atoms with Gasteiger partial charge in [-0.05, 0) is 24.0 Å². The van der Waals surface area contributed by atoms with Crippen LogP contribution >= 0.6 is 15.9 Å². The molecule has 102 valence electrons. The summed E-state index contributed by atoms with van der Waals surface area (Å²) in [5, 5.41) is 11.5. The highest BCUT2D eigenvalue weighted by Crippen LogP contribution is 2.24. The average Bonchev–Trinajstić information content (AvgIpc) is 2.34. The number of carbonyl (C=O) groups excluding carboxylic acids is 1. The molecule has 1 aromatic rings. The lowest BCUT2D eigenvalue weighted by atomic mass is 9.90. The van der Waals surface area contributed by atoms with Gasteiger partial charge in [-0.3, -0.25) is 4.79 Å². The maximum Gasteiger partial charge on any atom is 0.269 e. The first kappa shape index (κ1) is 15.6. The first-order chi connectivity index (χ1) is 8.81. The van der Waals surface area contributed by atoms with Crippen LogP contribution < -0.4 is 5.32 Å². The standard InChI is InChI=1S/C14H18BrN3O/c1-14(2,3)6-11(15)9-18-13(19)12-5-4-10(7-16)8-17-12/h4-5,8,11H,6,9H2,1-3H3,(H,18,19). The van der Waals surface area contributed by atoms with E-state index in [0.717, 1.165) is 6.42 Å². The van der Waals surface area contributed by atoms with Gasteiger partial charge in [-0.25, -0.2) is 4.98 Å². The molecule has 1 N–H and O–H groups in total. The molecule has 0 spiro atoms. The van der Waals surface area contributed by atoms with E-state index in [0.29, 0.717) is 17.8 Å². The van der Waals surface area contributed by atoms with Gasteiger partial charge >= 0.3 is 0 Å². The minimum Gasteiger partial charge on any atom is -0.350 e. The molecule has 0 radical (unpaired) electrons. The zero-order valence-corrected chi connectivity index (χ0v) is 13.0. The normalized spacial score (nSPS) is 12.6. The summed E-state index contributed by atoms with van der Waals surface area (Å²) in [5.74, 6) is -0.220. The SMILES string of the molecule is CC(C)(C)CC(Br)CNC(=O)c1ccc(C#N)cn1. The third-order valence-electron chi connectivity index (χ3n) is 2.44. The minimum absolute atomic E-state index is 0.214. The molecule has 0 saturated carbocycles. The second kappa shape index (κ2) is 6.67. The first-order valence-corrected chi connectivity index (χ1v) is 7.02. The van der Waals surface area contributed by atoms with Gasteiger partial charge in [0.25, 0.3) is 5.91 Å². The number of halogens is 1. The number of nitriles is 1. The van der Waals surface area contributed by atoms with Gasteiger partial charge in [0, 0.05) is 17.6 Å². The molecule has 1 heterocycles. The average molecular weight is 324 g/mol. The van der Waals surface area contributed by atoms with E-state index in [1.54, 1.807) is 12.1 Å². The van der Waals surface area contributed by atoms with Gasteiger partial charge in [-0.15, -0.1) is 0 Å². The Labute approximate surface area is 122 Å². The van der Waals surface area contributed by atoms with Crippen molar-refractivity contribution in [2.24, 2.45) is 5.41 Å². The largest absolute Gasteiger partial charge is 0.350 e. The second-order valence-corrected chi connectivity index (χ2v) is 6.91. The summed E-state index contributed by atoms with van der Waals surface area (Å²) in [7, 11) is 0. The Balaban J connectivity index is 2.49. The van der Waals surface area contributed by atoms with E-state index in [1.165, 1.54) is 6.20 Å². The van der Waals surface area contributed by atoms with Crippen molar-refractivity contribution in [2.75, 3.05) is 6.54 Å². The number of aromatic nitrogens is 1. The molecule has 19 heavy (non-hydrogen) atoms. The lowest BCUT2D eigenvalue weighted by Crippen LogP contribution is -2.31.